The molecule has 100 valence electrons. The molecule has 0 aliphatic carbocycles. The summed E-state index contributed by atoms with van der Waals surface area (Å²) in [5.41, 5.74) is 1.38. The second-order valence-electron chi connectivity index (χ2n) is 4.28. The number of hydrogen-bond donors (Lipinski definition) is 2. The van der Waals surface area contributed by atoms with Gasteiger partial charge >= 0.3 is 0 Å². The summed E-state index contributed by atoms with van der Waals surface area (Å²) in [5, 5.41) is 16.2. The molecule has 1 heterocycles. The third-order valence-corrected chi connectivity index (χ3v) is 2.84. The summed E-state index contributed by atoms with van der Waals surface area (Å²) < 4.78 is 1.64. The number of carbonyl (C=O) groups excluding carboxylic acids is 1. The van der Waals surface area contributed by atoms with Crippen LogP contribution in [0.4, 0.5) is 0 Å². The molecule has 0 aliphatic heterocycles. The zero-order chi connectivity index (χ0) is 13.7. The van der Waals surface area contributed by atoms with Gasteiger partial charge in [0.2, 0.25) is 0 Å². The van der Waals surface area contributed by atoms with Gasteiger partial charge in [-0.3, -0.25) is 4.79 Å². The molecule has 1 aromatic carbocycles. The first-order valence-electron chi connectivity index (χ1n) is 6.27. The Kier molecular flexibility index (Phi) is 4.30. The number of aliphatic hydroxyl groups excluding tert-OH is 1. The maximum atomic E-state index is 11.8. The van der Waals surface area contributed by atoms with E-state index in [0.717, 1.165) is 5.69 Å². The number of aromatic nitrogens is 2. The van der Waals surface area contributed by atoms with E-state index < -0.39 is 6.10 Å². The van der Waals surface area contributed by atoms with E-state index in [4.69, 9.17) is 0 Å². The molecule has 2 N–H and O–H groups in total. The Hall–Kier alpha value is -2.14. The minimum absolute atomic E-state index is 0.227. The van der Waals surface area contributed by atoms with Crippen molar-refractivity contribution in [1.82, 2.24) is 15.1 Å². The van der Waals surface area contributed by atoms with Crippen LogP contribution in [0.3, 0.4) is 0 Å². The Morgan fingerprint density at radius 1 is 1.42 bits per heavy atom. The number of hydrogen-bond acceptors (Lipinski definition) is 3. The van der Waals surface area contributed by atoms with Gasteiger partial charge in [-0.15, -0.1) is 0 Å². The second kappa shape index (κ2) is 6.15. The van der Waals surface area contributed by atoms with Crippen LogP contribution in [0.25, 0.3) is 5.69 Å². The van der Waals surface area contributed by atoms with Crippen LogP contribution in [0.5, 0.6) is 0 Å². The maximum absolute atomic E-state index is 11.8. The van der Waals surface area contributed by atoms with Crippen molar-refractivity contribution >= 4 is 5.91 Å². The molecular formula is C14H17N3O2. The zero-order valence-electron chi connectivity index (χ0n) is 10.8. The summed E-state index contributed by atoms with van der Waals surface area (Å²) in [5.74, 6) is -0.227. The van der Waals surface area contributed by atoms with E-state index >= 15 is 0 Å². The molecule has 19 heavy (non-hydrogen) atoms. The summed E-state index contributed by atoms with van der Waals surface area (Å²) in [6.07, 6.45) is 3.29. The number of aliphatic hydroxyl groups is 1. The average molecular weight is 259 g/mol. The Bertz CT molecular complexity index is 537. The van der Waals surface area contributed by atoms with Crippen molar-refractivity contribution in [3.63, 3.8) is 0 Å². The molecule has 5 heteroatoms. The number of benzene rings is 1. The first-order valence-corrected chi connectivity index (χ1v) is 6.27. The molecule has 0 saturated carbocycles. The van der Waals surface area contributed by atoms with Gasteiger partial charge in [-0.25, -0.2) is 4.68 Å². The van der Waals surface area contributed by atoms with Crippen LogP contribution < -0.4 is 5.32 Å². The van der Waals surface area contributed by atoms with E-state index in [-0.39, 0.29) is 12.5 Å². The molecule has 2 aromatic rings. The molecule has 1 unspecified atom stereocenters. The molecule has 1 atom stereocenters. The van der Waals surface area contributed by atoms with Crippen LogP contribution >= 0.6 is 0 Å². The summed E-state index contributed by atoms with van der Waals surface area (Å²) in [7, 11) is 0. The Morgan fingerprint density at radius 2 is 2.16 bits per heavy atom. The lowest BCUT2D eigenvalue weighted by Gasteiger charge is -2.08. The highest BCUT2D eigenvalue weighted by Gasteiger charge is 2.10. The van der Waals surface area contributed by atoms with Crippen molar-refractivity contribution in [3.05, 3.63) is 48.3 Å². The van der Waals surface area contributed by atoms with Gasteiger partial charge in [-0.1, -0.05) is 25.1 Å². The van der Waals surface area contributed by atoms with E-state index in [9.17, 15) is 9.90 Å². The van der Waals surface area contributed by atoms with Crippen molar-refractivity contribution in [1.29, 1.82) is 0 Å². The fraction of sp³-hybridized carbons (Fsp3) is 0.286. The predicted octanol–water partition coefficient (Wildman–Crippen LogP) is 1.37. The third kappa shape index (κ3) is 3.42. The molecule has 2 rings (SSSR count). The number of amides is 1. The summed E-state index contributed by atoms with van der Waals surface area (Å²) in [4.78, 5) is 11.8. The van der Waals surface area contributed by atoms with Crippen molar-refractivity contribution < 1.29 is 9.90 Å². The minimum atomic E-state index is -0.506. The first kappa shape index (κ1) is 13.3. The molecule has 0 bridgehead atoms. The van der Waals surface area contributed by atoms with E-state index in [1.165, 1.54) is 6.20 Å². The Balaban J connectivity index is 2.03. The van der Waals surface area contributed by atoms with E-state index in [1.54, 1.807) is 10.9 Å². The standard InChI is InChI=1S/C14H17N3O2/c1-2-13(18)9-15-14(19)11-8-16-17(10-11)12-6-4-3-5-7-12/h3-8,10,13,18H,2,9H2,1H3,(H,15,19). The van der Waals surface area contributed by atoms with Crippen molar-refractivity contribution in [2.75, 3.05) is 6.54 Å². The lowest BCUT2D eigenvalue weighted by molar-refractivity contribution is 0.0914. The van der Waals surface area contributed by atoms with Crippen LogP contribution in [-0.2, 0) is 0 Å². The number of rotatable bonds is 5. The quantitative estimate of drug-likeness (QED) is 0.852. The second-order valence-corrected chi connectivity index (χ2v) is 4.28. The highest BCUT2D eigenvalue weighted by molar-refractivity contribution is 5.93. The lowest BCUT2D eigenvalue weighted by Crippen LogP contribution is -2.31. The molecule has 0 spiro atoms. The highest BCUT2D eigenvalue weighted by atomic mass is 16.3. The molecular weight excluding hydrogens is 242 g/mol. The molecule has 1 aromatic heterocycles. The van der Waals surface area contributed by atoms with Gasteiger partial charge in [0.05, 0.1) is 23.6 Å². The van der Waals surface area contributed by atoms with Gasteiger partial charge in [-0.05, 0) is 18.6 Å². The lowest BCUT2D eigenvalue weighted by atomic mass is 10.2. The van der Waals surface area contributed by atoms with Gasteiger partial charge in [0, 0.05) is 12.7 Å². The largest absolute Gasteiger partial charge is 0.391 e. The van der Waals surface area contributed by atoms with Gasteiger partial charge in [-0.2, -0.15) is 5.10 Å². The smallest absolute Gasteiger partial charge is 0.254 e. The van der Waals surface area contributed by atoms with Crippen molar-refractivity contribution in [2.45, 2.75) is 19.4 Å². The topological polar surface area (TPSA) is 67.2 Å². The summed E-state index contributed by atoms with van der Waals surface area (Å²) in [6.45, 7) is 2.12. The average Bonchev–Trinajstić information content (AvgIpc) is 2.95. The monoisotopic (exact) mass is 259 g/mol. The van der Waals surface area contributed by atoms with Crippen LogP contribution in [0.1, 0.15) is 23.7 Å². The van der Waals surface area contributed by atoms with Crippen LogP contribution in [0, 0.1) is 0 Å². The maximum Gasteiger partial charge on any atom is 0.254 e. The van der Waals surface area contributed by atoms with E-state index in [2.05, 4.69) is 10.4 Å². The molecule has 0 fully saturated rings. The Labute approximate surface area is 111 Å². The summed E-state index contributed by atoms with van der Waals surface area (Å²) in [6, 6.07) is 9.57. The molecule has 0 radical (unpaired) electrons. The number of nitrogens with zero attached hydrogens (tertiary/aromatic N) is 2. The van der Waals surface area contributed by atoms with E-state index in [1.807, 2.05) is 37.3 Å². The highest BCUT2D eigenvalue weighted by Crippen LogP contribution is 2.07. The Morgan fingerprint density at radius 3 is 2.84 bits per heavy atom. The molecule has 0 aliphatic rings. The van der Waals surface area contributed by atoms with E-state index in [0.29, 0.717) is 12.0 Å². The van der Waals surface area contributed by atoms with Crippen LogP contribution in [0.15, 0.2) is 42.7 Å². The third-order valence-electron chi connectivity index (χ3n) is 2.84. The fourth-order valence-electron chi connectivity index (χ4n) is 1.62. The van der Waals surface area contributed by atoms with Gasteiger partial charge < -0.3 is 10.4 Å². The molecule has 0 saturated heterocycles. The molecule has 5 nitrogen and oxygen atoms in total. The van der Waals surface area contributed by atoms with Crippen LogP contribution in [0.2, 0.25) is 0 Å². The number of para-hydroxylation sites is 1. The summed E-state index contributed by atoms with van der Waals surface area (Å²) >= 11 is 0. The normalized spacial score (nSPS) is 12.1. The van der Waals surface area contributed by atoms with Crippen LogP contribution in [-0.4, -0.2) is 33.4 Å². The first-order chi connectivity index (χ1) is 9.20. The molecule has 1 amide bonds. The number of carbonyl (C=O) groups is 1. The number of nitrogens with one attached hydrogen (secondary N) is 1. The predicted molar refractivity (Wildman–Crippen MR) is 72.2 cm³/mol. The van der Waals surface area contributed by atoms with Crippen molar-refractivity contribution in [2.24, 2.45) is 0 Å². The van der Waals surface area contributed by atoms with Gasteiger partial charge in [0.25, 0.3) is 5.91 Å². The van der Waals surface area contributed by atoms with Gasteiger partial charge in [0.1, 0.15) is 0 Å². The van der Waals surface area contributed by atoms with Crippen molar-refractivity contribution in [3.8, 4) is 5.69 Å². The SMILES string of the molecule is CCC(O)CNC(=O)c1cnn(-c2ccccc2)c1. The minimum Gasteiger partial charge on any atom is -0.391 e. The fourth-order valence-corrected chi connectivity index (χ4v) is 1.62. The zero-order valence-corrected chi connectivity index (χ0v) is 10.8. The van der Waals surface area contributed by atoms with Gasteiger partial charge in [0.15, 0.2) is 0 Å².